The van der Waals surface area contributed by atoms with Crippen molar-refractivity contribution in [3.63, 3.8) is 0 Å². The zero-order valence-electron chi connectivity index (χ0n) is 13.8. The lowest BCUT2D eigenvalue weighted by molar-refractivity contribution is -0.122. The Labute approximate surface area is 129 Å². The molecule has 0 aromatic heterocycles. The van der Waals surface area contributed by atoms with Crippen LogP contribution in [0.3, 0.4) is 0 Å². The van der Waals surface area contributed by atoms with Crippen molar-refractivity contribution in [3.05, 3.63) is 35.9 Å². The molecule has 1 atom stereocenters. The van der Waals surface area contributed by atoms with Crippen molar-refractivity contribution in [1.29, 1.82) is 0 Å². The number of hydrogen-bond donors (Lipinski definition) is 1. The molecule has 1 aromatic carbocycles. The molecule has 118 valence electrons. The third kappa shape index (κ3) is 7.86. The molecule has 0 radical (unpaired) electrons. The van der Waals surface area contributed by atoms with Crippen LogP contribution in [0.1, 0.15) is 45.1 Å². The molecule has 21 heavy (non-hydrogen) atoms. The number of carbonyl (C=O) groups excluding carboxylic acids is 1. The second-order valence-corrected chi connectivity index (χ2v) is 5.88. The second kappa shape index (κ2) is 10.4. The maximum absolute atomic E-state index is 12.0. The van der Waals surface area contributed by atoms with E-state index in [1.165, 1.54) is 24.8 Å². The molecule has 3 heteroatoms. The summed E-state index contributed by atoms with van der Waals surface area (Å²) in [7, 11) is 1.99. The van der Waals surface area contributed by atoms with Crippen LogP contribution in [0.25, 0.3) is 0 Å². The zero-order valence-corrected chi connectivity index (χ0v) is 13.8. The maximum Gasteiger partial charge on any atom is 0.234 e. The molecule has 0 aliphatic carbocycles. The highest BCUT2D eigenvalue weighted by Gasteiger charge is 2.10. The molecule has 0 aliphatic rings. The highest BCUT2D eigenvalue weighted by Crippen LogP contribution is 2.11. The number of rotatable bonds is 10. The minimum atomic E-state index is 0.128. The number of nitrogens with one attached hydrogen (secondary N) is 1. The summed E-state index contributed by atoms with van der Waals surface area (Å²) >= 11 is 0. The van der Waals surface area contributed by atoms with Crippen molar-refractivity contribution in [2.75, 3.05) is 20.1 Å². The predicted octanol–water partition coefficient (Wildman–Crippen LogP) is 3.45. The summed E-state index contributed by atoms with van der Waals surface area (Å²) in [5.41, 5.74) is 1.24. The van der Waals surface area contributed by atoms with Crippen LogP contribution in [0.4, 0.5) is 0 Å². The minimum Gasteiger partial charge on any atom is -0.355 e. The number of benzene rings is 1. The van der Waals surface area contributed by atoms with Crippen LogP contribution in [-0.4, -0.2) is 30.9 Å². The summed E-state index contributed by atoms with van der Waals surface area (Å²) < 4.78 is 0. The van der Waals surface area contributed by atoms with Crippen LogP contribution in [-0.2, 0) is 11.3 Å². The third-order valence-corrected chi connectivity index (χ3v) is 3.84. The number of amides is 1. The molecule has 1 N–H and O–H groups in total. The first kappa shape index (κ1) is 17.7. The number of nitrogens with zero attached hydrogens (tertiary/aromatic N) is 1. The average Bonchev–Trinajstić information content (AvgIpc) is 2.48. The van der Waals surface area contributed by atoms with Gasteiger partial charge >= 0.3 is 0 Å². The van der Waals surface area contributed by atoms with Crippen molar-refractivity contribution in [3.8, 4) is 0 Å². The lowest BCUT2D eigenvalue weighted by Gasteiger charge is -2.19. The quantitative estimate of drug-likeness (QED) is 0.716. The van der Waals surface area contributed by atoms with Crippen molar-refractivity contribution in [1.82, 2.24) is 10.2 Å². The molecule has 0 spiro atoms. The number of likely N-dealkylation sites (N-methyl/N-ethyl adjacent to an activating group) is 1. The van der Waals surface area contributed by atoms with E-state index in [1.807, 2.05) is 25.2 Å². The third-order valence-electron chi connectivity index (χ3n) is 3.84. The van der Waals surface area contributed by atoms with Gasteiger partial charge in [-0.3, -0.25) is 9.69 Å². The Morgan fingerprint density at radius 1 is 1.24 bits per heavy atom. The largest absolute Gasteiger partial charge is 0.355 e. The van der Waals surface area contributed by atoms with Crippen molar-refractivity contribution >= 4 is 5.91 Å². The summed E-state index contributed by atoms with van der Waals surface area (Å²) in [6, 6.07) is 10.3. The first-order valence-corrected chi connectivity index (χ1v) is 8.14. The van der Waals surface area contributed by atoms with Gasteiger partial charge in [-0.2, -0.15) is 0 Å². The summed E-state index contributed by atoms with van der Waals surface area (Å²) in [6.45, 7) is 6.49. The molecule has 0 saturated carbocycles. The average molecular weight is 290 g/mol. The molecule has 1 rings (SSSR count). The van der Waals surface area contributed by atoms with Gasteiger partial charge in [0.1, 0.15) is 0 Å². The second-order valence-electron chi connectivity index (χ2n) is 5.88. The molecule has 0 heterocycles. The first-order chi connectivity index (χ1) is 10.2. The number of unbranched alkanes of at least 4 members (excludes halogenated alkanes) is 1. The summed E-state index contributed by atoms with van der Waals surface area (Å²) in [5.74, 6) is 0.747. The van der Waals surface area contributed by atoms with E-state index in [2.05, 4.69) is 36.2 Å². The molecular formula is C18H30N2O. The Morgan fingerprint density at radius 3 is 2.57 bits per heavy atom. The molecule has 1 aromatic rings. The molecule has 0 fully saturated rings. The van der Waals surface area contributed by atoms with Crippen LogP contribution in [0, 0.1) is 5.92 Å². The Balaban J connectivity index is 2.26. The van der Waals surface area contributed by atoms with Gasteiger partial charge in [-0.25, -0.2) is 0 Å². The van der Waals surface area contributed by atoms with Gasteiger partial charge in [-0.15, -0.1) is 0 Å². The van der Waals surface area contributed by atoms with Crippen molar-refractivity contribution in [2.24, 2.45) is 5.92 Å². The van der Waals surface area contributed by atoms with Crippen LogP contribution < -0.4 is 5.32 Å². The minimum absolute atomic E-state index is 0.128. The van der Waals surface area contributed by atoms with Crippen LogP contribution in [0.15, 0.2) is 30.3 Å². The van der Waals surface area contributed by atoms with E-state index in [0.29, 0.717) is 12.5 Å². The van der Waals surface area contributed by atoms with E-state index in [9.17, 15) is 4.79 Å². The molecular weight excluding hydrogens is 260 g/mol. The standard InChI is InChI=1S/C18H30N2O/c1-4-6-10-16(5-2)13-19-18(21)15-20(3)14-17-11-8-7-9-12-17/h7-9,11-12,16H,4-6,10,13-15H2,1-3H3,(H,19,21). The summed E-state index contributed by atoms with van der Waals surface area (Å²) in [5, 5.41) is 3.08. The fraction of sp³-hybridized carbons (Fsp3) is 0.611. The lowest BCUT2D eigenvalue weighted by atomic mass is 9.99. The van der Waals surface area contributed by atoms with E-state index in [-0.39, 0.29) is 5.91 Å². The SMILES string of the molecule is CCCCC(CC)CNC(=O)CN(C)Cc1ccccc1. The Bertz CT molecular complexity index is 391. The zero-order chi connectivity index (χ0) is 15.5. The molecule has 1 unspecified atom stereocenters. The van der Waals surface area contributed by atoms with Gasteiger partial charge in [0.2, 0.25) is 5.91 Å². The highest BCUT2D eigenvalue weighted by atomic mass is 16.2. The van der Waals surface area contributed by atoms with E-state index in [4.69, 9.17) is 0 Å². The van der Waals surface area contributed by atoms with E-state index in [1.54, 1.807) is 0 Å². The van der Waals surface area contributed by atoms with Gasteiger partial charge in [0.05, 0.1) is 6.54 Å². The summed E-state index contributed by atoms with van der Waals surface area (Å²) in [6.07, 6.45) is 4.83. The lowest BCUT2D eigenvalue weighted by Crippen LogP contribution is -2.37. The first-order valence-electron chi connectivity index (χ1n) is 8.14. The Morgan fingerprint density at radius 2 is 1.95 bits per heavy atom. The van der Waals surface area contributed by atoms with E-state index >= 15 is 0 Å². The molecule has 0 bridgehead atoms. The van der Waals surface area contributed by atoms with Crippen LogP contribution >= 0.6 is 0 Å². The van der Waals surface area contributed by atoms with Gasteiger partial charge < -0.3 is 5.32 Å². The fourth-order valence-corrected chi connectivity index (χ4v) is 2.45. The van der Waals surface area contributed by atoms with E-state index < -0.39 is 0 Å². The summed E-state index contributed by atoms with van der Waals surface area (Å²) in [4.78, 5) is 14.0. The molecule has 3 nitrogen and oxygen atoms in total. The van der Waals surface area contributed by atoms with Gasteiger partial charge in [0.15, 0.2) is 0 Å². The van der Waals surface area contributed by atoms with Crippen LogP contribution in [0.2, 0.25) is 0 Å². The molecule has 0 saturated heterocycles. The van der Waals surface area contributed by atoms with Gasteiger partial charge in [0.25, 0.3) is 0 Å². The van der Waals surface area contributed by atoms with Crippen molar-refractivity contribution in [2.45, 2.75) is 46.1 Å². The fourth-order valence-electron chi connectivity index (χ4n) is 2.45. The van der Waals surface area contributed by atoms with Crippen molar-refractivity contribution < 1.29 is 4.79 Å². The monoisotopic (exact) mass is 290 g/mol. The van der Waals surface area contributed by atoms with Crippen LogP contribution in [0.5, 0.6) is 0 Å². The van der Waals surface area contributed by atoms with Gasteiger partial charge in [-0.1, -0.05) is 63.4 Å². The Kier molecular flexibility index (Phi) is 8.76. The molecule has 0 aliphatic heterocycles. The molecule has 1 amide bonds. The van der Waals surface area contributed by atoms with Gasteiger partial charge in [-0.05, 0) is 24.9 Å². The maximum atomic E-state index is 12.0. The number of carbonyl (C=O) groups is 1. The normalized spacial score (nSPS) is 12.4. The topological polar surface area (TPSA) is 32.3 Å². The number of hydrogen-bond acceptors (Lipinski definition) is 2. The smallest absolute Gasteiger partial charge is 0.234 e. The highest BCUT2D eigenvalue weighted by molar-refractivity contribution is 5.77. The van der Waals surface area contributed by atoms with Gasteiger partial charge in [0, 0.05) is 13.1 Å². The predicted molar refractivity (Wildman–Crippen MR) is 89.1 cm³/mol. The van der Waals surface area contributed by atoms with E-state index in [0.717, 1.165) is 19.5 Å². The Hall–Kier alpha value is -1.35.